The van der Waals surface area contributed by atoms with Crippen LogP contribution >= 0.6 is 0 Å². The Kier molecular flexibility index (Phi) is 4.04. The lowest BCUT2D eigenvalue weighted by Gasteiger charge is -2.13. The maximum atomic E-state index is 12.6. The molecule has 0 amide bonds. The lowest BCUT2D eigenvalue weighted by atomic mass is 10.1. The molecule has 0 bridgehead atoms. The van der Waals surface area contributed by atoms with Gasteiger partial charge in [-0.1, -0.05) is 0 Å². The predicted molar refractivity (Wildman–Crippen MR) is 86.0 cm³/mol. The second-order valence-corrected chi connectivity index (χ2v) is 6.69. The zero-order valence-corrected chi connectivity index (χ0v) is 13.6. The highest BCUT2D eigenvalue weighted by atomic mass is 32.2. The topological polar surface area (TPSA) is 73.9 Å². The monoisotopic (exact) mass is 335 g/mol. The van der Waals surface area contributed by atoms with Crippen molar-refractivity contribution >= 4 is 15.7 Å². The number of hydrogen-bond donors (Lipinski definition) is 1. The summed E-state index contributed by atoms with van der Waals surface area (Å²) in [4.78, 5) is 0.0533. The lowest BCUT2D eigenvalue weighted by molar-refractivity contribution is 0.357. The molecule has 1 aliphatic heterocycles. The molecular weight excluding hydrogens is 318 g/mol. The first-order valence-electron chi connectivity index (χ1n) is 7.04. The zero-order chi connectivity index (χ0) is 16.4. The fraction of sp³-hybridized carbons (Fsp3) is 0.250. The van der Waals surface area contributed by atoms with E-state index in [9.17, 15) is 8.42 Å². The molecule has 0 spiro atoms. The molecule has 122 valence electrons. The number of nitrogens with one attached hydrogen (secondary N) is 1. The van der Waals surface area contributed by atoms with E-state index in [1.54, 1.807) is 24.3 Å². The number of sulfonamides is 1. The Hall–Kier alpha value is -2.41. The number of anilines is 1. The van der Waals surface area contributed by atoms with E-state index in [0.29, 0.717) is 18.0 Å². The maximum Gasteiger partial charge on any atom is 0.265 e. The highest BCUT2D eigenvalue weighted by Gasteiger charge is 2.21. The molecule has 1 aliphatic rings. The van der Waals surface area contributed by atoms with E-state index >= 15 is 0 Å². The van der Waals surface area contributed by atoms with Gasteiger partial charge in [-0.05, 0) is 35.9 Å². The number of fused-ring (bicyclic) bond motifs is 1. The predicted octanol–water partition coefficient (Wildman–Crippen LogP) is 2.44. The van der Waals surface area contributed by atoms with Crippen LogP contribution in [0.2, 0.25) is 0 Å². The van der Waals surface area contributed by atoms with Gasteiger partial charge >= 0.3 is 0 Å². The fourth-order valence-corrected chi connectivity index (χ4v) is 3.66. The van der Waals surface area contributed by atoms with Crippen molar-refractivity contribution in [3.8, 4) is 17.2 Å². The van der Waals surface area contributed by atoms with Gasteiger partial charge in [0.2, 0.25) is 0 Å². The van der Waals surface area contributed by atoms with Crippen molar-refractivity contribution in [1.82, 2.24) is 0 Å². The van der Waals surface area contributed by atoms with Crippen LogP contribution < -0.4 is 18.9 Å². The van der Waals surface area contributed by atoms with Crippen molar-refractivity contribution in [2.75, 3.05) is 25.5 Å². The minimum atomic E-state index is -3.77. The number of benzene rings is 2. The molecule has 1 heterocycles. The van der Waals surface area contributed by atoms with Crippen molar-refractivity contribution < 1.29 is 22.6 Å². The van der Waals surface area contributed by atoms with Gasteiger partial charge in [0.1, 0.15) is 22.1 Å². The second kappa shape index (κ2) is 6.00. The third-order valence-electron chi connectivity index (χ3n) is 3.60. The van der Waals surface area contributed by atoms with Gasteiger partial charge in [0.15, 0.2) is 0 Å². The SMILES string of the molecule is COc1ccc(S(=O)(=O)Nc2ccc3c(c2)CCO3)c(OC)c1. The molecule has 6 nitrogen and oxygen atoms in total. The molecule has 1 N–H and O–H groups in total. The summed E-state index contributed by atoms with van der Waals surface area (Å²) in [7, 11) is -0.845. The molecule has 2 aromatic rings. The summed E-state index contributed by atoms with van der Waals surface area (Å²) in [6.45, 7) is 0.623. The molecule has 2 aromatic carbocycles. The Bertz CT molecular complexity index is 832. The van der Waals surface area contributed by atoms with E-state index in [-0.39, 0.29) is 10.6 Å². The molecule has 3 rings (SSSR count). The van der Waals surface area contributed by atoms with E-state index in [4.69, 9.17) is 14.2 Å². The summed E-state index contributed by atoms with van der Waals surface area (Å²) in [6.07, 6.45) is 0.775. The van der Waals surface area contributed by atoms with Gasteiger partial charge in [0.25, 0.3) is 10.0 Å². The molecule has 0 unspecified atom stereocenters. The van der Waals surface area contributed by atoms with Crippen LogP contribution in [-0.4, -0.2) is 29.2 Å². The van der Waals surface area contributed by atoms with Gasteiger partial charge < -0.3 is 14.2 Å². The average molecular weight is 335 g/mol. The first kappa shape index (κ1) is 15.5. The molecule has 0 aromatic heterocycles. The standard InChI is InChI=1S/C16H17NO5S/c1-20-13-4-6-16(15(10-13)21-2)23(18,19)17-12-3-5-14-11(9-12)7-8-22-14/h3-6,9-10,17H,7-8H2,1-2H3. The zero-order valence-electron chi connectivity index (χ0n) is 12.8. The lowest BCUT2D eigenvalue weighted by Crippen LogP contribution is -2.14. The number of hydrogen-bond acceptors (Lipinski definition) is 5. The van der Waals surface area contributed by atoms with Crippen molar-refractivity contribution in [2.24, 2.45) is 0 Å². The third kappa shape index (κ3) is 3.05. The van der Waals surface area contributed by atoms with Gasteiger partial charge in [0, 0.05) is 18.2 Å². The smallest absolute Gasteiger partial charge is 0.265 e. The Morgan fingerprint density at radius 1 is 1.09 bits per heavy atom. The molecule has 23 heavy (non-hydrogen) atoms. The van der Waals surface area contributed by atoms with Crippen molar-refractivity contribution in [2.45, 2.75) is 11.3 Å². The normalized spacial score (nSPS) is 13.1. The summed E-state index contributed by atoms with van der Waals surface area (Å²) >= 11 is 0. The van der Waals surface area contributed by atoms with E-state index in [2.05, 4.69) is 4.72 Å². The Balaban J connectivity index is 1.93. The highest BCUT2D eigenvalue weighted by molar-refractivity contribution is 7.92. The van der Waals surface area contributed by atoms with Gasteiger partial charge in [-0.25, -0.2) is 8.42 Å². The molecule has 0 atom stereocenters. The van der Waals surface area contributed by atoms with Crippen LogP contribution in [0.4, 0.5) is 5.69 Å². The van der Waals surface area contributed by atoms with Crippen LogP contribution in [0.1, 0.15) is 5.56 Å². The molecule has 0 radical (unpaired) electrons. The molecule has 0 aliphatic carbocycles. The van der Waals surface area contributed by atoms with Crippen LogP contribution in [0.5, 0.6) is 17.2 Å². The van der Waals surface area contributed by atoms with Crippen molar-refractivity contribution in [3.05, 3.63) is 42.0 Å². The first-order chi connectivity index (χ1) is 11.0. The van der Waals surface area contributed by atoms with Gasteiger partial charge in [-0.2, -0.15) is 0 Å². The minimum absolute atomic E-state index is 0.0533. The van der Waals surface area contributed by atoms with Crippen LogP contribution in [0.25, 0.3) is 0 Å². The van der Waals surface area contributed by atoms with Gasteiger partial charge in [0.05, 0.1) is 20.8 Å². The number of ether oxygens (including phenoxy) is 3. The molecule has 0 saturated carbocycles. The summed E-state index contributed by atoms with van der Waals surface area (Å²) < 4.78 is 43.5. The number of rotatable bonds is 5. The van der Waals surface area contributed by atoms with Crippen LogP contribution in [0, 0.1) is 0 Å². The van der Waals surface area contributed by atoms with E-state index < -0.39 is 10.0 Å². The maximum absolute atomic E-state index is 12.6. The minimum Gasteiger partial charge on any atom is -0.497 e. The largest absolute Gasteiger partial charge is 0.497 e. The molecular formula is C16H17NO5S. The average Bonchev–Trinajstić information content (AvgIpc) is 3.01. The first-order valence-corrected chi connectivity index (χ1v) is 8.52. The van der Waals surface area contributed by atoms with Crippen molar-refractivity contribution in [1.29, 1.82) is 0 Å². The van der Waals surface area contributed by atoms with Gasteiger partial charge in [-0.3, -0.25) is 4.72 Å². The van der Waals surface area contributed by atoms with E-state index in [1.165, 1.54) is 26.4 Å². The van der Waals surface area contributed by atoms with Crippen LogP contribution in [-0.2, 0) is 16.4 Å². The summed E-state index contributed by atoms with van der Waals surface area (Å²) in [5.41, 5.74) is 1.49. The summed E-state index contributed by atoms with van der Waals surface area (Å²) in [5, 5.41) is 0. The van der Waals surface area contributed by atoms with E-state index in [0.717, 1.165) is 17.7 Å². The summed E-state index contributed by atoms with van der Waals surface area (Å²) in [6, 6.07) is 9.80. The summed E-state index contributed by atoms with van der Waals surface area (Å²) in [5.74, 6) is 1.55. The Labute approximate surface area is 135 Å². The molecule has 7 heteroatoms. The molecule has 0 saturated heterocycles. The van der Waals surface area contributed by atoms with Crippen LogP contribution in [0.3, 0.4) is 0 Å². The number of methoxy groups -OCH3 is 2. The van der Waals surface area contributed by atoms with Crippen molar-refractivity contribution in [3.63, 3.8) is 0 Å². The third-order valence-corrected chi connectivity index (χ3v) is 5.02. The highest BCUT2D eigenvalue weighted by Crippen LogP contribution is 2.32. The second-order valence-electron chi connectivity index (χ2n) is 5.04. The molecule has 0 fully saturated rings. The Morgan fingerprint density at radius 3 is 2.65 bits per heavy atom. The van der Waals surface area contributed by atoms with E-state index in [1.807, 2.05) is 0 Å². The Morgan fingerprint density at radius 2 is 1.91 bits per heavy atom. The quantitative estimate of drug-likeness (QED) is 0.908. The fourth-order valence-electron chi connectivity index (χ4n) is 2.46. The van der Waals surface area contributed by atoms with Crippen LogP contribution in [0.15, 0.2) is 41.3 Å². The van der Waals surface area contributed by atoms with Gasteiger partial charge in [-0.15, -0.1) is 0 Å².